The highest BCUT2D eigenvalue weighted by atomic mass is 35.5. The van der Waals surface area contributed by atoms with Gasteiger partial charge in [0.1, 0.15) is 15.8 Å². The van der Waals surface area contributed by atoms with E-state index in [2.05, 4.69) is 5.32 Å². The topological polar surface area (TPSA) is 71.8 Å². The monoisotopic (exact) mass is 512 g/mol. The van der Waals surface area contributed by atoms with E-state index in [9.17, 15) is 9.59 Å². The zero-order valence-corrected chi connectivity index (χ0v) is 20.9. The van der Waals surface area contributed by atoms with Crippen molar-refractivity contribution in [1.29, 1.82) is 0 Å². The third kappa shape index (κ3) is 5.70. The molecule has 2 amide bonds. The molecule has 1 aliphatic rings. The highest BCUT2D eigenvalue weighted by Gasteiger charge is 2.32. The summed E-state index contributed by atoms with van der Waals surface area (Å²) in [4.78, 5) is 27.1. The number of nitrogens with zero attached hydrogens (tertiary/aromatic N) is 1. The Balaban J connectivity index is 1.38. The molecule has 1 fully saturated rings. The van der Waals surface area contributed by atoms with Crippen molar-refractivity contribution in [2.24, 2.45) is 0 Å². The molecule has 1 N–H and O–H groups in total. The average molecular weight is 513 g/mol. The number of carbonyl (C=O) groups is 2. The fraction of sp³-hybridized carbons (Fsp3) is 0.160. The van der Waals surface area contributed by atoms with Crippen LogP contribution in [-0.2, 0) is 16.1 Å². The van der Waals surface area contributed by atoms with Crippen molar-refractivity contribution in [3.05, 3.63) is 87.2 Å². The second kappa shape index (κ2) is 10.5. The van der Waals surface area contributed by atoms with Crippen molar-refractivity contribution in [3.8, 4) is 5.75 Å². The Bertz CT molecular complexity index is 1290. The number of amides is 2. The van der Waals surface area contributed by atoms with Crippen molar-refractivity contribution in [3.63, 3.8) is 0 Å². The summed E-state index contributed by atoms with van der Waals surface area (Å²) >= 11 is 12.9. The third-order valence-electron chi connectivity index (χ3n) is 5.04. The van der Waals surface area contributed by atoms with Crippen LogP contribution in [0.1, 0.15) is 22.5 Å². The van der Waals surface area contributed by atoms with Gasteiger partial charge in [0.05, 0.1) is 22.7 Å². The van der Waals surface area contributed by atoms with Gasteiger partial charge in [-0.3, -0.25) is 14.5 Å². The number of hydrogen-bond donors (Lipinski definition) is 1. The number of thioether (sulfide) groups is 1. The van der Waals surface area contributed by atoms with Crippen LogP contribution in [0, 0.1) is 13.8 Å². The highest BCUT2D eigenvalue weighted by molar-refractivity contribution is 8.26. The van der Waals surface area contributed by atoms with Gasteiger partial charge in [0, 0.05) is 5.69 Å². The number of hydrogen-bond acceptors (Lipinski definition) is 6. The van der Waals surface area contributed by atoms with E-state index >= 15 is 0 Å². The molecule has 0 bridgehead atoms. The van der Waals surface area contributed by atoms with Crippen LogP contribution in [0.15, 0.2) is 64.1 Å². The zero-order valence-electron chi connectivity index (χ0n) is 18.5. The number of furan rings is 1. The first kappa shape index (κ1) is 24.1. The predicted molar refractivity (Wildman–Crippen MR) is 139 cm³/mol. The van der Waals surface area contributed by atoms with Crippen molar-refractivity contribution in [1.82, 2.24) is 4.90 Å². The van der Waals surface area contributed by atoms with Crippen molar-refractivity contribution in [2.45, 2.75) is 20.4 Å². The molecule has 0 unspecified atom stereocenters. The number of halogens is 1. The predicted octanol–water partition coefficient (Wildman–Crippen LogP) is 5.97. The van der Waals surface area contributed by atoms with Gasteiger partial charge in [0.25, 0.3) is 11.8 Å². The molecule has 34 heavy (non-hydrogen) atoms. The second-order valence-corrected chi connectivity index (χ2v) is 9.78. The maximum absolute atomic E-state index is 12.8. The van der Waals surface area contributed by atoms with Crippen LogP contribution >= 0.6 is 35.6 Å². The molecule has 174 valence electrons. The van der Waals surface area contributed by atoms with Gasteiger partial charge < -0.3 is 14.5 Å². The molecule has 6 nitrogen and oxygen atoms in total. The van der Waals surface area contributed by atoms with E-state index in [1.165, 1.54) is 16.7 Å². The fourth-order valence-corrected chi connectivity index (χ4v) is 4.85. The molecule has 0 radical (unpaired) electrons. The van der Waals surface area contributed by atoms with Gasteiger partial charge in [-0.2, -0.15) is 0 Å². The molecule has 0 atom stereocenters. The first-order valence-corrected chi connectivity index (χ1v) is 12.0. The van der Waals surface area contributed by atoms with Crippen LogP contribution in [0.2, 0.25) is 5.02 Å². The lowest BCUT2D eigenvalue weighted by atomic mass is 10.1. The van der Waals surface area contributed by atoms with E-state index in [1.807, 2.05) is 32.0 Å². The van der Waals surface area contributed by atoms with Gasteiger partial charge in [0.15, 0.2) is 6.61 Å². The van der Waals surface area contributed by atoms with Gasteiger partial charge in [0.2, 0.25) is 0 Å². The zero-order chi connectivity index (χ0) is 24.2. The first-order chi connectivity index (χ1) is 16.3. The van der Waals surface area contributed by atoms with E-state index in [4.69, 9.17) is 33.0 Å². The van der Waals surface area contributed by atoms with Crippen molar-refractivity contribution in [2.75, 3.05) is 11.9 Å². The lowest BCUT2D eigenvalue weighted by Crippen LogP contribution is -2.27. The van der Waals surface area contributed by atoms with Crippen LogP contribution < -0.4 is 10.1 Å². The SMILES string of the molecule is Cc1ccc(NC(=O)COc2ccc(/C=C3\SC(=S)N(Cc4ccco4)C3=O)cc2Cl)c(C)c1. The standard InChI is InChI=1S/C25H21ClN2O4S2/c1-15-5-7-20(16(2)10-15)27-23(29)14-32-21-8-6-17(11-19(21)26)12-22-24(30)28(25(33)34-22)13-18-4-3-9-31-18/h3-12H,13-14H2,1-2H3,(H,27,29)/b22-12-. The molecule has 3 aromatic rings. The Morgan fingerprint density at radius 1 is 1.24 bits per heavy atom. The summed E-state index contributed by atoms with van der Waals surface area (Å²) in [6, 6.07) is 14.5. The number of rotatable bonds is 7. The summed E-state index contributed by atoms with van der Waals surface area (Å²) in [7, 11) is 0. The molecule has 1 aliphatic heterocycles. The summed E-state index contributed by atoms with van der Waals surface area (Å²) in [5.41, 5.74) is 3.56. The maximum atomic E-state index is 12.8. The number of anilines is 1. The Hall–Kier alpha value is -3.07. The molecule has 4 rings (SSSR count). The normalized spacial score (nSPS) is 14.7. The lowest BCUT2D eigenvalue weighted by Gasteiger charge is -2.12. The van der Waals surface area contributed by atoms with Crippen LogP contribution in [-0.4, -0.2) is 27.6 Å². The molecule has 1 aromatic heterocycles. The Morgan fingerprint density at radius 2 is 2.06 bits per heavy atom. The van der Waals surface area contributed by atoms with Crippen LogP contribution in [0.25, 0.3) is 6.08 Å². The van der Waals surface area contributed by atoms with Gasteiger partial charge in [-0.1, -0.05) is 59.3 Å². The second-order valence-electron chi connectivity index (χ2n) is 7.69. The Kier molecular flexibility index (Phi) is 7.41. The average Bonchev–Trinajstić information content (AvgIpc) is 3.39. The molecule has 2 aromatic carbocycles. The third-order valence-corrected chi connectivity index (χ3v) is 6.71. The van der Waals surface area contributed by atoms with Gasteiger partial charge >= 0.3 is 0 Å². The summed E-state index contributed by atoms with van der Waals surface area (Å²) < 4.78 is 11.4. The Labute approximate surface area is 211 Å². The van der Waals surface area contributed by atoms with E-state index in [-0.39, 0.29) is 25.0 Å². The molecule has 0 spiro atoms. The number of benzene rings is 2. The quantitative estimate of drug-likeness (QED) is 0.310. The number of carbonyl (C=O) groups excluding carboxylic acids is 2. The van der Waals surface area contributed by atoms with Crippen molar-refractivity contribution < 1.29 is 18.7 Å². The summed E-state index contributed by atoms with van der Waals surface area (Å²) in [5.74, 6) is 0.557. The minimum atomic E-state index is -0.285. The van der Waals surface area contributed by atoms with Gasteiger partial charge in [-0.05, 0) is 61.4 Å². The van der Waals surface area contributed by atoms with E-state index in [1.54, 1.807) is 42.7 Å². The Morgan fingerprint density at radius 3 is 2.76 bits per heavy atom. The van der Waals surface area contributed by atoms with Crippen LogP contribution in [0.4, 0.5) is 5.69 Å². The minimum Gasteiger partial charge on any atom is -0.482 e. The molecule has 9 heteroatoms. The fourth-order valence-electron chi connectivity index (χ4n) is 3.35. The van der Waals surface area contributed by atoms with Crippen molar-refractivity contribution >= 4 is 63.5 Å². The largest absolute Gasteiger partial charge is 0.482 e. The molecule has 1 saturated heterocycles. The molecular formula is C25H21ClN2O4S2. The molecule has 2 heterocycles. The van der Waals surface area contributed by atoms with E-state index in [0.717, 1.165) is 22.4 Å². The van der Waals surface area contributed by atoms with E-state index < -0.39 is 0 Å². The first-order valence-electron chi connectivity index (χ1n) is 10.4. The smallest absolute Gasteiger partial charge is 0.266 e. The summed E-state index contributed by atoms with van der Waals surface area (Å²) in [6.07, 6.45) is 3.28. The van der Waals surface area contributed by atoms with Gasteiger partial charge in [-0.15, -0.1) is 0 Å². The molecule has 0 saturated carbocycles. The minimum absolute atomic E-state index is 0.183. The molecular weight excluding hydrogens is 492 g/mol. The van der Waals surface area contributed by atoms with Crippen LogP contribution in [0.3, 0.4) is 0 Å². The summed E-state index contributed by atoms with van der Waals surface area (Å²) in [5, 5.41) is 3.17. The summed E-state index contributed by atoms with van der Waals surface area (Å²) in [6.45, 7) is 4.03. The number of nitrogens with one attached hydrogen (secondary N) is 1. The molecule has 0 aliphatic carbocycles. The number of ether oxygens (including phenoxy) is 1. The number of aryl methyl sites for hydroxylation is 2. The van der Waals surface area contributed by atoms with Gasteiger partial charge in [-0.25, -0.2) is 0 Å². The number of thiocarbonyl (C=S) groups is 1. The van der Waals surface area contributed by atoms with E-state index in [0.29, 0.717) is 25.8 Å². The lowest BCUT2D eigenvalue weighted by molar-refractivity contribution is -0.122. The highest BCUT2D eigenvalue weighted by Crippen LogP contribution is 2.35. The van der Waals surface area contributed by atoms with Crippen LogP contribution in [0.5, 0.6) is 5.75 Å². The maximum Gasteiger partial charge on any atom is 0.266 e.